The second-order valence-electron chi connectivity index (χ2n) is 11.3. The first-order chi connectivity index (χ1) is 21.3. The normalized spacial score (nSPS) is 18.6. The van der Waals surface area contributed by atoms with Crippen LogP contribution in [0.2, 0.25) is 0 Å². The van der Waals surface area contributed by atoms with Gasteiger partial charge in [0.2, 0.25) is 0 Å². The van der Waals surface area contributed by atoms with E-state index in [-0.39, 0.29) is 17.4 Å². The van der Waals surface area contributed by atoms with Crippen molar-refractivity contribution in [1.82, 2.24) is 9.80 Å². The minimum Gasteiger partial charge on any atom is -0.507 e. The van der Waals surface area contributed by atoms with E-state index < -0.39 is 17.7 Å². The number of rotatable bonds is 11. The van der Waals surface area contributed by atoms with Crippen molar-refractivity contribution < 1.29 is 33.6 Å². The summed E-state index contributed by atoms with van der Waals surface area (Å²) in [5, 5.41) is 11.7. The fraction of sp³-hybridized carbons (Fsp3) is 0.371. The Hall–Kier alpha value is -4.34. The van der Waals surface area contributed by atoms with Crippen LogP contribution >= 0.6 is 0 Å². The Kier molecular flexibility index (Phi) is 9.87. The highest BCUT2D eigenvalue weighted by Gasteiger charge is 2.46. The van der Waals surface area contributed by atoms with Gasteiger partial charge in [0.1, 0.15) is 18.1 Å². The number of ketones is 1. The van der Waals surface area contributed by atoms with Crippen LogP contribution in [0, 0.1) is 6.92 Å². The molecule has 5 rings (SSSR count). The van der Waals surface area contributed by atoms with Crippen LogP contribution in [0.1, 0.15) is 42.1 Å². The number of hydrogen-bond donors (Lipinski definition) is 1. The maximum absolute atomic E-state index is 13.6. The standard InChI is InChI=1S/C35H40N2O7/c1-23(2)44-27-11-12-28(24(3)20-27)33(38)31-32(37(35(40)34(31)39)15-14-36-16-18-42-19-17-36)26-10-13-29(30(21-26)41-4)43-22-25-8-6-5-7-9-25/h5-13,20-21,23,32,38H,14-19,22H2,1-4H3/b33-31+. The molecule has 9 heteroatoms. The molecule has 0 aliphatic carbocycles. The topological polar surface area (TPSA) is 97.8 Å². The van der Waals surface area contributed by atoms with Gasteiger partial charge in [-0.1, -0.05) is 36.4 Å². The first-order valence-corrected chi connectivity index (χ1v) is 15.0. The highest BCUT2D eigenvalue weighted by molar-refractivity contribution is 6.46. The average molecular weight is 601 g/mol. The fourth-order valence-electron chi connectivity index (χ4n) is 5.63. The number of likely N-dealkylation sites (tertiary alicyclic amines) is 1. The van der Waals surface area contributed by atoms with Gasteiger partial charge in [-0.2, -0.15) is 0 Å². The van der Waals surface area contributed by atoms with Crippen LogP contribution in [0.15, 0.2) is 72.3 Å². The van der Waals surface area contributed by atoms with Crippen molar-refractivity contribution in [2.24, 2.45) is 0 Å². The lowest BCUT2D eigenvalue weighted by molar-refractivity contribution is -0.140. The van der Waals surface area contributed by atoms with Gasteiger partial charge in [-0.3, -0.25) is 14.5 Å². The number of ether oxygens (including phenoxy) is 4. The van der Waals surface area contributed by atoms with Crippen molar-refractivity contribution in [3.63, 3.8) is 0 Å². The summed E-state index contributed by atoms with van der Waals surface area (Å²) in [7, 11) is 1.55. The summed E-state index contributed by atoms with van der Waals surface area (Å²) in [4.78, 5) is 31.0. The zero-order valence-corrected chi connectivity index (χ0v) is 25.7. The number of nitrogens with zero attached hydrogens (tertiary/aromatic N) is 2. The number of carbonyl (C=O) groups excluding carboxylic acids is 2. The molecule has 44 heavy (non-hydrogen) atoms. The van der Waals surface area contributed by atoms with Gasteiger partial charge in [0.15, 0.2) is 11.5 Å². The van der Waals surface area contributed by atoms with Crippen LogP contribution in [-0.4, -0.2) is 79.2 Å². The zero-order chi connectivity index (χ0) is 31.2. The lowest BCUT2D eigenvalue weighted by Crippen LogP contribution is -2.42. The average Bonchev–Trinajstić information content (AvgIpc) is 3.28. The van der Waals surface area contributed by atoms with Crippen molar-refractivity contribution >= 4 is 17.4 Å². The molecule has 3 aromatic rings. The van der Waals surface area contributed by atoms with Gasteiger partial charge in [-0.05, 0) is 67.8 Å². The van der Waals surface area contributed by atoms with Gasteiger partial charge >= 0.3 is 0 Å². The molecule has 2 aliphatic rings. The molecule has 1 unspecified atom stereocenters. The molecule has 2 saturated heterocycles. The monoisotopic (exact) mass is 600 g/mol. The highest BCUT2D eigenvalue weighted by atomic mass is 16.5. The predicted molar refractivity (Wildman–Crippen MR) is 167 cm³/mol. The second kappa shape index (κ2) is 14.0. The predicted octanol–water partition coefficient (Wildman–Crippen LogP) is 5.12. The smallest absolute Gasteiger partial charge is 0.295 e. The molecular weight excluding hydrogens is 560 g/mol. The third kappa shape index (κ3) is 6.90. The van der Waals surface area contributed by atoms with E-state index in [0.717, 1.165) is 24.2 Å². The Balaban J connectivity index is 1.52. The van der Waals surface area contributed by atoms with Crippen molar-refractivity contribution in [1.29, 1.82) is 0 Å². The van der Waals surface area contributed by atoms with Gasteiger partial charge in [0.25, 0.3) is 11.7 Å². The Morgan fingerprint density at radius 2 is 1.73 bits per heavy atom. The second-order valence-corrected chi connectivity index (χ2v) is 11.3. The molecular formula is C35H40N2O7. The molecule has 1 amide bonds. The lowest BCUT2D eigenvalue weighted by atomic mass is 9.93. The molecule has 2 fully saturated rings. The van der Waals surface area contributed by atoms with E-state index >= 15 is 0 Å². The number of morpholine rings is 1. The summed E-state index contributed by atoms with van der Waals surface area (Å²) in [6.07, 6.45) is -0.0136. The van der Waals surface area contributed by atoms with Gasteiger partial charge in [-0.15, -0.1) is 0 Å². The van der Waals surface area contributed by atoms with E-state index in [0.29, 0.717) is 61.3 Å². The summed E-state index contributed by atoms with van der Waals surface area (Å²) in [5.74, 6) is 0.0578. The van der Waals surface area contributed by atoms with Crippen LogP contribution in [-0.2, 0) is 20.9 Å². The Morgan fingerprint density at radius 1 is 0.977 bits per heavy atom. The van der Waals surface area contributed by atoms with Gasteiger partial charge in [0.05, 0.1) is 38.0 Å². The largest absolute Gasteiger partial charge is 0.507 e. The first-order valence-electron chi connectivity index (χ1n) is 15.0. The molecule has 0 spiro atoms. The van der Waals surface area contributed by atoms with Crippen LogP contribution < -0.4 is 14.2 Å². The number of aliphatic hydroxyl groups is 1. The van der Waals surface area contributed by atoms with Crippen LogP contribution in [0.3, 0.4) is 0 Å². The maximum atomic E-state index is 13.6. The van der Waals surface area contributed by atoms with Crippen molar-refractivity contribution in [2.75, 3.05) is 46.5 Å². The molecule has 232 valence electrons. The molecule has 0 saturated carbocycles. The Morgan fingerprint density at radius 3 is 2.41 bits per heavy atom. The number of carbonyl (C=O) groups is 2. The van der Waals surface area contributed by atoms with Gasteiger partial charge < -0.3 is 29.0 Å². The van der Waals surface area contributed by atoms with E-state index in [1.165, 1.54) is 0 Å². The van der Waals surface area contributed by atoms with E-state index in [1.807, 2.05) is 63.2 Å². The third-order valence-corrected chi connectivity index (χ3v) is 7.87. The first kappa shape index (κ1) is 31.1. The van der Waals surface area contributed by atoms with Crippen LogP contribution in [0.5, 0.6) is 17.2 Å². The van der Waals surface area contributed by atoms with Crippen LogP contribution in [0.25, 0.3) is 5.76 Å². The summed E-state index contributed by atoms with van der Waals surface area (Å²) in [6.45, 7) is 9.70. The van der Waals surface area contributed by atoms with Crippen molar-refractivity contribution in [3.8, 4) is 17.2 Å². The molecule has 9 nitrogen and oxygen atoms in total. The SMILES string of the molecule is COc1cc(C2/C(=C(\O)c3ccc(OC(C)C)cc3C)C(=O)C(=O)N2CCN2CCOCC2)ccc1OCc1ccccc1. The third-order valence-electron chi connectivity index (χ3n) is 7.87. The van der Waals surface area contributed by atoms with Gasteiger partial charge in [0, 0.05) is 31.7 Å². The van der Waals surface area contributed by atoms with Gasteiger partial charge in [-0.25, -0.2) is 0 Å². The molecule has 3 aromatic carbocycles. The number of Topliss-reactive ketones (excluding diaryl/α,β-unsaturated/α-hetero) is 1. The zero-order valence-electron chi connectivity index (χ0n) is 25.7. The fourth-order valence-corrected chi connectivity index (χ4v) is 5.63. The summed E-state index contributed by atoms with van der Waals surface area (Å²) >= 11 is 0. The number of amides is 1. The number of hydrogen-bond acceptors (Lipinski definition) is 8. The molecule has 1 atom stereocenters. The molecule has 0 radical (unpaired) electrons. The van der Waals surface area contributed by atoms with E-state index in [9.17, 15) is 14.7 Å². The maximum Gasteiger partial charge on any atom is 0.295 e. The lowest BCUT2D eigenvalue weighted by Gasteiger charge is -2.31. The number of benzene rings is 3. The number of aliphatic hydroxyl groups excluding tert-OH is 1. The molecule has 2 heterocycles. The minimum atomic E-state index is -0.820. The summed E-state index contributed by atoms with van der Waals surface area (Å²) in [6, 6.07) is 19.7. The molecule has 0 aromatic heterocycles. The van der Waals surface area contributed by atoms with E-state index in [1.54, 1.807) is 36.3 Å². The van der Waals surface area contributed by atoms with Crippen molar-refractivity contribution in [2.45, 2.75) is 39.5 Å². The minimum absolute atomic E-state index is 0.0136. The number of aryl methyl sites for hydroxylation is 1. The molecule has 0 bridgehead atoms. The Bertz CT molecular complexity index is 1510. The van der Waals surface area contributed by atoms with E-state index in [2.05, 4.69) is 4.90 Å². The quantitative estimate of drug-likeness (QED) is 0.184. The van der Waals surface area contributed by atoms with E-state index in [4.69, 9.17) is 18.9 Å². The Labute approximate surface area is 258 Å². The summed E-state index contributed by atoms with van der Waals surface area (Å²) < 4.78 is 23.0. The highest BCUT2D eigenvalue weighted by Crippen LogP contribution is 2.42. The van der Waals surface area contributed by atoms with Crippen LogP contribution in [0.4, 0.5) is 0 Å². The summed E-state index contributed by atoms with van der Waals surface area (Å²) in [5.41, 5.74) is 2.87. The number of methoxy groups -OCH3 is 1. The van der Waals surface area contributed by atoms with Crippen molar-refractivity contribution in [3.05, 3.63) is 94.6 Å². The molecule has 1 N–H and O–H groups in total. The molecule has 2 aliphatic heterocycles.